The molecule has 3 rings (SSSR count). The molecule has 0 bridgehead atoms. The molecule has 1 fully saturated rings. The average Bonchev–Trinajstić information content (AvgIpc) is 2.96. The van der Waals surface area contributed by atoms with Gasteiger partial charge in [0.15, 0.2) is 0 Å². The van der Waals surface area contributed by atoms with Crippen LogP contribution in [0.4, 0.5) is 0 Å². The Morgan fingerprint density at radius 3 is 2.75 bits per heavy atom. The van der Waals surface area contributed by atoms with Crippen LogP contribution in [-0.2, 0) is 0 Å². The fourth-order valence-electron chi connectivity index (χ4n) is 3.36. The highest BCUT2D eigenvalue weighted by atomic mass is 35.5. The van der Waals surface area contributed by atoms with Crippen LogP contribution in [0.5, 0.6) is 0 Å². The second-order valence-corrected chi connectivity index (χ2v) is 6.99. The number of halogens is 1. The summed E-state index contributed by atoms with van der Waals surface area (Å²) in [6, 6.07) is 7.52. The number of rotatable bonds is 3. The Labute approximate surface area is 147 Å². The monoisotopic (exact) mass is 346 g/mol. The van der Waals surface area contributed by atoms with Gasteiger partial charge in [0.1, 0.15) is 0 Å². The highest BCUT2D eigenvalue weighted by Crippen LogP contribution is 2.25. The van der Waals surface area contributed by atoms with Crippen molar-refractivity contribution in [2.45, 2.75) is 32.7 Å². The van der Waals surface area contributed by atoms with Crippen LogP contribution in [-0.4, -0.2) is 39.7 Å². The summed E-state index contributed by atoms with van der Waals surface area (Å²) in [5.74, 6) is 0.635. The van der Waals surface area contributed by atoms with Crippen LogP contribution in [0.25, 0.3) is 5.69 Å². The van der Waals surface area contributed by atoms with Crippen LogP contribution in [0.2, 0.25) is 5.02 Å². The van der Waals surface area contributed by atoms with Crippen molar-refractivity contribution in [3.05, 3.63) is 46.7 Å². The molecular formula is C18H23ClN4O. The normalized spacial score (nSPS) is 21.1. The third-order valence-electron chi connectivity index (χ3n) is 4.82. The molecule has 5 nitrogen and oxygen atoms in total. The van der Waals surface area contributed by atoms with E-state index >= 15 is 0 Å². The van der Waals surface area contributed by atoms with Crippen LogP contribution in [0.3, 0.4) is 0 Å². The van der Waals surface area contributed by atoms with Crippen molar-refractivity contribution < 1.29 is 4.79 Å². The van der Waals surface area contributed by atoms with Crippen LogP contribution in [0.15, 0.2) is 30.5 Å². The predicted octanol–water partition coefficient (Wildman–Crippen LogP) is 3.03. The van der Waals surface area contributed by atoms with Crippen LogP contribution in [0.1, 0.15) is 35.8 Å². The molecule has 128 valence electrons. The maximum atomic E-state index is 13.0. The minimum absolute atomic E-state index is 0.0232. The molecule has 0 radical (unpaired) electrons. The number of nitrogens with two attached hydrogens (primary N) is 1. The van der Waals surface area contributed by atoms with Crippen LogP contribution < -0.4 is 5.73 Å². The molecule has 2 atom stereocenters. The van der Waals surface area contributed by atoms with Gasteiger partial charge in [-0.15, -0.1) is 0 Å². The van der Waals surface area contributed by atoms with E-state index in [0.29, 0.717) is 23.0 Å². The van der Waals surface area contributed by atoms with Crippen molar-refractivity contribution in [2.75, 3.05) is 13.1 Å². The van der Waals surface area contributed by atoms with Gasteiger partial charge < -0.3 is 10.6 Å². The lowest BCUT2D eigenvalue weighted by molar-refractivity contribution is 0.0573. The van der Waals surface area contributed by atoms with Gasteiger partial charge in [0.2, 0.25) is 0 Å². The third-order valence-corrected chi connectivity index (χ3v) is 5.07. The van der Waals surface area contributed by atoms with E-state index in [2.05, 4.69) is 12.0 Å². The number of benzene rings is 1. The summed E-state index contributed by atoms with van der Waals surface area (Å²) >= 11 is 5.94. The lowest BCUT2D eigenvalue weighted by atomic mass is 9.92. The number of hydrogen-bond acceptors (Lipinski definition) is 3. The topological polar surface area (TPSA) is 64.2 Å². The van der Waals surface area contributed by atoms with E-state index in [4.69, 9.17) is 17.3 Å². The molecule has 0 saturated carbocycles. The fraction of sp³-hybridized carbons (Fsp3) is 0.444. The first-order valence-corrected chi connectivity index (χ1v) is 8.70. The number of carbonyl (C=O) groups excluding carboxylic acids is 1. The number of nitrogens with zero attached hydrogens (tertiary/aromatic N) is 3. The standard InChI is InChI=1S/C18H23ClN4O/c1-12-7-8-22(16(9-12)10-20)18(24)17-11-21-23(13(17)2)15-5-3-14(19)4-6-15/h3-6,11-12,16H,7-10,20H2,1-2H3. The lowest BCUT2D eigenvalue weighted by Crippen LogP contribution is -2.49. The minimum Gasteiger partial charge on any atom is -0.334 e. The fourth-order valence-corrected chi connectivity index (χ4v) is 3.49. The summed E-state index contributed by atoms with van der Waals surface area (Å²) < 4.78 is 1.77. The Bertz CT molecular complexity index is 725. The second kappa shape index (κ2) is 6.95. The summed E-state index contributed by atoms with van der Waals surface area (Å²) in [6.45, 7) is 5.39. The van der Waals surface area contributed by atoms with Crippen molar-refractivity contribution >= 4 is 17.5 Å². The molecule has 1 amide bonds. The molecule has 1 aliphatic heterocycles. The molecule has 0 spiro atoms. The van der Waals surface area contributed by atoms with E-state index in [1.165, 1.54) is 0 Å². The zero-order valence-corrected chi connectivity index (χ0v) is 14.8. The zero-order chi connectivity index (χ0) is 17.3. The van der Waals surface area contributed by atoms with E-state index in [0.717, 1.165) is 30.8 Å². The molecule has 1 saturated heterocycles. The van der Waals surface area contributed by atoms with Gasteiger partial charge in [-0.2, -0.15) is 5.10 Å². The van der Waals surface area contributed by atoms with Gasteiger partial charge in [-0.05, 0) is 49.9 Å². The zero-order valence-electron chi connectivity index (χ0n) is 14.1. The quantitative estimate of drug-likeness (QED) is 0.929. The molecule has 1 aromatic carbocycles. The van der Waals surface area contributed by atoms with Gasteiger partial charge in [0.05, 0.1) is 23.1 Å². The number of amides is 1. The van der Waals surface area contributed by atoms with Crippen molar-refractivity contribution in [3.8, 4) is 5.69 Å². The molecule has 2 N–H and O–H groups in total. The first-order chi connectivity index (χ1) is 11.5. The molecule has 0 aliphatic carbocycles. The largest absolute Gasteiger partial charge is 0.334 e. The molecule has 1 aromatic heterocycles. The average molecular weight is 347 g/mol. The molecule has 2 unspecified atom stereocenters. The Balaban J connectivity index is 1.87. The minimum atomic E-state index is 0.0232. The lowest BCUT2D eigenvalue weighted by Gasteiger charge is -2.38. The number of piperidine rings is 1. The van der Waals surface area contributed by atoms with Crippen molar-refractivity contribution in [1.29, 1.82) is 0 Å². The van der Waals surface area contributed by atoms with Gasteiger partial charge in [0.25, 0.3) is 5.91 Å². The molecule has 6 heteroatoms. The van der Waals surface area contributed by atoms with E-state index < -0.39 is 0 Å². The first-order valence-electron chi connectivity index (χ1n) is 8.33. The maximum Gasteiger partial charge on any atom is 0.257 e. The third kappa shape index (κ3) is 3.19. The molecule has 2 heterocycles. The van der Waals surface area contributed by atoms with Gasteiger partial charge in [0, 0.05) is 24.2 Å². The summed E-state index contributed by atoms with van der Waals surface area (Å²) in [4.78, 5) is 14.9. The smallest absolute Gasteiger partial charge is 0.257 e. The Morgan fingerprint density at radius 2 is 2.08 bits per heavy atom. The second-order valence-electron chi connectivity index (χ2n) is 6.55. The Kier molecular flexibility index (Phi) is 4.92. The highest BCUT2D eigenvalue weighted by molar-refractivity contribution is 6.30. The maximum absolute atomic E-state index is 13.0. The van der Waals surface area contributed by atoms with Gasteiger partial charge >= 0.3 is 0 Å². The molecule has 24 heavy (non-hydrogen) atoms. The first kappa shape index (κ1) is 17.0. The summed E-state index contributed by atoms with van der Waals surface area (Å²) in [5.41, 5.74) is 8.25. The van der Waals surface area contributed by atoms with Crippen LogP contribution >= 0.6 is 11.6 Å². The van der Waals surface area contributed by atoms with Crippen molar-refractivity contribution in [1.82, 2.24) is 14.7 Å². The Morgan fingerprint density at radius 1 is 1.38 bits per heavy atom. The van der Waals surface area contributed by atoms with E-state index in [-0.39, 0.29) is 11.9 Å². The van der Waals surface area contributed by atoms with Crippen molar-refractivity contribution in [2.24, 2.45) is 11.7 Å². The van der Waals surface area contributed by atoms with E-state index in [9.17, 15) is 4.79 Å². The number of likely N-dealkylation sites (tertiary alicyclic amines) is 1. The summed E-state index contributed by atoms with van der Waals surface area (Å²) in [7, 11) is 0. The van der Waals surface area contributed by atoms with Gasteiger partial charge in [-0.25, -0.2) is 4.68 Å². The number of hydrogen-bond donors (Lipinski definition) is 1. The number of carbonyl (C=O) groups is 1. The molecular weight excluding hydrogens is 324 g/mol. The van der Waals surface area contributed by atoms with E-state index in [1.807, 2.05) is 36.1 Å². The Hall–Kier alpha value is -1.85. The van der Waals surface area contributed by atoms with Crippen molar-refractivity contribution in [3.63, 3.8) is 0 Å². The SMILES string of the molecule is Cc1c(C(=O)N2CCC(C)CC2CN)cnn1-c1ccc(Cl)cc1. The summed E-state index contributed by atoms with van der Waals surface area (Å²) in [6.07, 6.45) is 3.64. The van der Waals surface area contributed by atoms with Gasteiger partial charge in [-0.1, -0.05) is 18.5 Å². The van der Waals surface area contributed by atoms with E-state index in [1.54, 1.807) is 10.9 Å². The number of aromatic nitrogens is 2. The van der Waals surface area contributed by atoms with Gasteiger partial charge in [-0.3, -0.25) is 4.79 Å². The summed E-state index contributed by atoms with van der Waals surface area (Å²) in [5, 5.41) is 5.07. The predicted molar refractivity (Wildman–Crippen MR) is 95.6 cm³/mol. The molecule has 1 aliphatic rings. The molecule has 2 aromatic rings. The van der Waals surface area contributed by atoms with Crippen LogP contribution in [0, 0.1) is 12.8 Å². The highest BCUT2D eigenvalue weighted by Gasteiger charge is 2.31.